The number of hydrogen-bond acceptors (Lipinski definition) is 16. The summed E-state index contributed by atoms with van der Waals surface area (Å²) in [6, 6.07) is 66.9. The minimum absolute atomic E-state index is 0.208. The minimum Gasteiger partial charge on any atom is -0.497 e. The zero-order chi connectivity index (χ0) is 81.9. The zero-order valence-electron chi connectivity index (χ0n) is 65.1. The molecule has 9 heterocycles. The lowest BCUT2D eigenvalue weighted by atomic mass is 9.78. The van der Waals surface area contributed by atoms with Gasteiger partial charge in [-0.1, -0.05) is 133 Å². The summed E-state index contributed by atoms with van der Waals surface area (Å²) in [5, 5.41) is 4.51. The predicted octanol–water partition coefficient (Wildman–Crippen LogP) is 13.7. The molecule has 23 heteroatoms. The fraction of sp³-hybridized carbons (Fsp3) is 0.213. The molecule has 3 saturated heterocycles. The number of carbonyl (C=O) groups excluding carboxylic acids is 10. The summed E-state index contributed by atoms with van der Waals surface area (Å²) in [6.07, 6.45) is 5.44. The number of para-hydroxylation sites is 5. The van der Waals surface area contributed by atoms with E-state index in [1.807, 2.05) is 119 Å². The second-order valence-electron chi connectivity index (χ2n) is 31.1. The number of benzene rings is 10. The highest BCUT2D eigenvalue weighted by Gasteiger charge is 2.73. The maximum atomic E-state index is 14.8. The number of nitrogens with two attached hydrogens (primary N) is 1. The van der Waals surface area contributed by atoms with Crippen LogP contribution in [0, 0.1) is 45.4 Å². The van der Waals surface area contributed by atoms with Gasteiger partial charge in [0.1, 0.15) is 46.4 Å². The van der Waals surface area contributed by atoms with E-state index >= 15 is 0 Å². The van der Waals surface area contributed by atoms with E-state index in [0.717, 1.165) is 44.2 Å². The molecule has 9 unspecified atom stereocenters. The number of hydrogen-bond donors (Lipinski definition) is 2. The number of methoxy groups -OCH3 is 1. The van der Waals surface area contributed by atoms with Gasteiger partial charge in [0.2, 0.25) is 0 Å². The smallest absolute Gasteiger partial charge is 0.407 e. The molecule has 10 aromatic rings. The van der Waals surface area contributed by atoms with Crippen molar-refractivity contribution in [3.63, 3.8) is 0 Å². The highest BCUT2D eigenvalue weighted by atomic mass is 16.6. The molecule has 10 aromatic carbocycles. The molecule has 0 bridgehead atoms. The summed E-state index contributed by atoms with van der Waals surface area (Å²) in [7, 11) is 1.56. The number of nitrogens with one attached hydrogen (secondary N) is 1. The van der Waals surface area contributed by atoms with E-state index in [1.165, 1.54) is 32.9 Å². The van der Waals surface area contributed by atoms with Gasteiger partial charge in [0.25, 0.3) is 35.4 Å². The van der Waals surface area contributed by atoms with Gasteiger partial charge < -0.3 is 34.7 Å². The molecular weight excluding hydrogens is 1480 g/mol. The van der Waals surface area contributed by atoms with E-state index in [-0.39, 0.29) is 41.6 Å². The standard InChI is InChI=1S/C34H33N3O6.C31H22N2O5.C29H25N3O4/c1-20-9-8-10-21(2)28(20)36-30-27(29(39)24-11-6-7-12-25(24)42-30)34(31(36)40)18-17-26(38)37(34)23-15-13-22(14-16-23)19-35-32(41)43-33(3,4)5;1-37-21-15-13-20(14-16-21)33-26(34)17-18-31(33)27-28(35)23-10-4-5-12-25(23)38-29(27)32(30(31)36)24-11-6-8-19-7-2-3-9-22(19)24;1-17-6-5-7-18(2)25(17)31-27-24(26(34)21-8-3-4-9-22(21)36-27)29(28(31)35)15-14-23(33)32(29)20-12-10-19(16-30)11-13-20/h6-18,27,30H,19H2,1-5H3,(H,35,41);2-18,27,29H,1H3;3-15,24,27H,16,30H2,1-2H3. The predicted molar refractivity (Wildman–Crippen MR) is 439 cm³/mol. The van der Waals surface area contributed by atoms with Crippen molar-refractivity contribution in [2.45, 2.75) is 102 Å². The SMILES string of the molecule is COc1ccc(N2C(=O)C=CC23C(=O)N(c2cccc4ccccc24)C2Oc4ccccc4C(=O)C23)cc1.Cc1cccc(C)c1N1C(=O)C2(C=CC(=O)N2c2ccc(CN)cc2)C2C(=O)c3ccccc3OC21.Cc1cccc(C)c1N1C(=O)C2(C=CC(=O)N2c2ccc(CNC(=O)OC(C)(C)C)cc2)C2C(=O)c3ccccc3OC21. The van der Waals surface area contributed by atoms with E-state index in [0.29, 0.717) is 80.4 Å². The third kappa shape index (κ3) is 11.9. The van der Waals surface area contributed by atoms with Crippen LogP contribution in [0.2, 0.25) is 0 Å². The fourth-order valence-corrected chi connectivity index (χ4v) is 18.1. The van der Waals surface area contributed by atoms with Gasteiger partial charge in [0, 0.05) is 53.8 Å². The van der Waals surface area contributed by atoms with Gasteiger partial charge in [0.05, 0.1) is 40.9 Å². The first kappa shape index (κ1) is 75.6. The molecule has 0 radical (unpaired) electrons. The van der Waals surface area contributed by atoms with Crippen molar-refractivity contribution in [1.29, 1.82) is 0 Å². The van der Waals surface area contributed by atoms with Crippen LogP contribution in [0.3, 0.4) is 0 Å². The molecule has 9 atom stereocenters. The molecule has 23 nitrogen and oxygen atoms in total. The Kier molecular flexibility index (Phi) is 18.6. The van der Waals surface area contributed by atoms with Crippen LogP contribution < -0.4 is 59.4 Å². The molecule has 3 fully saturated rings. The Bertz CT molecular complexity index is 5930. The van der Waals surface area contributed by atoms with Crippen LogP contribution in [0.15, 0.2) is 261 Å². The maximum Gasteiger partial charge on any atom is 0.407 e. The maximum absolute atomic E-state index is 14.8. The van der Waals surface area contributed by atoms with E-state index in [9.17, 15) is 47.9 Å². The Hall–Kier alpha value is -14.1. The lowest BCUT2D eigenvalue weighted by Gasteiger charge is -2.38. The second kappa shape index (κ2) is 28.8. The number of carbonyl (C=O) groups is 10. The van der Waals surface area contributed by atoms with Crippen molar-refractivity contribution in [3.05, 3.63) is 311 Å². The highest BCUT2D eigenvalue weighted by molar-refractivity contribution is 6.27. The number of Topliss-reactive ketones (excluding diaryl/α,β-unsaturated/α-hetero) is 3. The van der Waals surface area contributed by atoms with Crippen molar-refractivity contribution in [3.8, 4) is 23.0 Å². The number of ketones is 3. The summed E-state index contributed by atoms with van der Waals surface area (Å²) in [4.78, 5) is 148. The largest absolute Gasteiger partial charge is 0.497 e. The highest BCUT2D eigenvalue weighted by Crippen LogP contribution is 2.56. The number of rotatable bonds is 10. The van der Waals surface area contributed by atoms with E-state index in [2.05, 4.69) is 5.32 Å². The number of alkyl carbamates (subject to hydrolysis) is 1. The fourth-order valence-electron chi connectivity index (χ4n) is 18.1. The average Bonchev–Trinajstić information content (AvgIpc) is 1.54. The number of fused-ring (bicyclic) bond motifs is 10. The van der Waals surface area contributed by atoms with Crippen molar-refractivity contribution in [2.24, 2.45) is 23.5 Å². The van der Waals surface area contributed by atoms with Crippen LogP contribution in [0.4, 0.5) is 38.9 Å². The van der Waals surface area contributed by atoms with Gasteiger partial charge in [-0.15, -0.1) is 0 Å². The number of nitrogens with zero attached hydrogens (tertiary/aromatic N) is 6. The van der Waals surface area contributed by atoms with Crippen LogP contribution in [-0.4, -0.2) is 107 Å². The first-order valence-corrected chi connectivity index (χ1v) is 38.4. The topological polar surface area (TPSA) is 274 Å². The normalized spacial score (nSPS) is 23.4. The van der Waals surface area contributed by atoms with Crippen LogP contribution in [-0.2, 0) is 46.6 Å². The molecule has 19 rings (SSSR count). The van der Waals surface area contributed by atoms with E-state index in [1.54, 1.807) is 194 Å². The number of aryl methyl sites for hydroxylation is 4. The van der Waals surface area contributed by atoms with E-state index < -0.39 is 82.5 Å². The quantitative estimate of drug-likeness (QED) is 0.129. The summed E-state index contributed by atoms with van der Waals surface area (Å²) >= 11 is 0. The molecule has 117 heavy (non-hydrogen) atoms. The van der Waals surface area contributed by atoms with Crippen molar-refractivity contribution in [2.75, 3.05) is 36.5 Å². The van der Waals surface area contributed by atoms with Crippen LogP contribution >= 0.6 is 0 Å². The molecule has 3 N–H and O–H groups in total. The summed E-state index contributed by atoms with van der Waals surface area (Å²) in [5.41, 5.74) is 10.0. The third-order valence-corrected chi connectivity index (χ3v) is 23.2. The summed E-state index contributed by atoms with van der Waals surface area (Å²) < 4.78 is 29.9. The van der Waals surface area contributed by atoms with Crippen LogP contribution in [0.1, 0.15) is 85.2 Å². The van der Waals surface area contributed by atoms with E-state index in [4.69, 9.17) is 29.4 Å². The Morgan fingerprint density at radius 1 is 0.427 bits per heavy atom. The summed E-state index contributed by atoms with van der Waals surface area (Å²) in [5.74, 6) is -4.22. The van der Waals surface area contributed by atoms with Crippen molar-refractivity contribution >= 4 is 104 Å². The number of anilines is 6. The molecule has 0 aromatic heterocycles. The van der Waals surface area contributed by atoms with Gasteiger partial charge in [-0.05, 0) is 196 Å². The lowest BCUT2D eigenvalue weighted by molar-refractivity contribution is -0.123. The number of ether oxygens (including phenoxy) is 5. The number of amides is 7. The molecule has 3 spiro atoms. The van der Waals surface area contributed by atoms with Gasteiger partial charge in [-0.3, -0.25) is 72.6 Å². The molecule has 0 aliphatic carbocycles. The Morgan fingerprint density at radius 2 is 0.778 bits per heavy atom. The first-order chi connectivity index (χ1) is 56.3. The molecule has 9 aliphatic heterocycles. The van der Waals surface area contributed by atoms with Crippen LogP contribution in [0.25, 0.3) is 10.8 Å². The Balaban J connectivity index is 0.000000126. The van der Waals surface area contributed by atoms with Crippen LogP contribution in [0.5, 0.6) is 23.0 Å². The third-order valence-electron chi connectivity index (χ3n) is 23.2. The molecule has 0 saturated carbocycles. The van der Waals surface area contributed by atoms with Crippen molar-refractivity contribution < 1.29 is 71.6 Å². The first-order valence-electron chi connectivity index (χ1n) is 38.4. The average molecular weight is 1560 g/mol. The molecule has 7 amide bonds. The molecular formula is C94H80N8O15. The molecule has 9 aliphatic rings. The monoisotopic (exact) mass is 1560 g/mol. The van der Waals surface area contributed by atoms with Gasteiger partial charge in [0.15, 0.2) is 52.7 Å². The molecule has 586 valence electrons. The Labute approximate surface area is 673 Å². The van der Waals surface area contributed by atoms with Gasteiger partial charge >= 0.3 is 6.09 Å². The lowest BCUT2D eigenvalue weighted by Crippen LogP contribution is -2.58. The zero-order valence-corrected chi connectivity index (χ0v) is 65.1. The van der Waals surface area contributed by atoms with Gasteiger partial charge in [-0.25, -0.2) is 4.79 Å². The summed E-state index contributed by atoms with van der Waals surface area (Å²) in [6.45, 7) is 13.6. The second-order valence-corrected chi connectivity index (χ2v) is 31.1. The van der Waals surface area contributed by atoms with Crippen molar-refractivity contribution in [1.82, 2.24) is 5.32 Å². The Morgan fingerprint density at radius 3 is 1.18 bits per heavy atom. The minimum atomic E-state index is -1.64. The van der Waals surface area contributed by atoms with Gasteiger partial charge in [-0.2, -0.15) is 0 Å².